The number of rotatable bonds is 10. The van der Waals surface area contributed by atoms with Crippen LogP contribution in [-0.4, -0.2) is 35.1 Å². The highest BCUT2D eigenvalue weighted by Gasteiger charge is 2.15. The number of benzene rings is 3. The number of anilines is 4. The zero-order valence-corrected chi connectivity index (χ0v) is 23.8. The summed E-state index contributed by atoms with van der Waals surface area (Å²) in [7, 11) is 3.11. The number of aromatic nitrogens is 2. The third kappa shape index (κ3) is 6.66. The van der Waals surface area contributed by atoms with Crippen molar-refractivity contribution in [1.82, 2.24) is 15.3 Å². The highest BCUT2D eigenvalue weighted by atomic mass is 127. The zero-order chi connectivity index (χ0) is 28.6. The van der Waals surface area contributed by atoms with Crippen LogP contribution < -0.4 is 25.4 Å². The van der Waals surface area contributed by atoms with Gasteiger partial charge in [0.25, 0.3) is 5.91 Å². The Morgan fingerprint density at radius 2 is 1.85 bits per heavy atom. The van der Waals surface area contributed by atoms with Gasteiger partial charge in [-0.2, -0.15) is 10.2 Å². The molecule has 0 bridgehead atoms. The van der Waals surface area contributed by atoms with E-state index in [0.29, 0.717) is 51.5 Å². The summed E-state index contributed by atoms with van der Waals surface area (Å²) in [5.41, 5.74) is 2.23. The van der Waals surface area contributed by atoms with Crippen LogP contribution in [0.3, 0.4) is 0 Å². The lowest BCUT2D eigenvalue weighted by Crippen LogP contribution is -2.19. The van der Waals surface area contributed by atoms with E-state index in [0.717, 1.165) is 3.57 Å². The van der Waals surface area contributed by atoms with Crippen LogP contribution in [0, 0.1) is 14.9 Å². The molecule has 0 aliphatic rings. The number of carbonyl (C=O) groups excluding carboxylic acids is 1. The molecule has 0 saturated heterocycles. The van der Waals surface area contributed by atoms with Gasteiger partial charge in [-0.1, -0.05) is 30.8 Å². The molecule has 11 heteroatoms. The maximum atomic E-state index is 12.3. The van der Waals surface area contributed by atoms with Gasteiger partial charge >= 0.3 is 0 Å². The van der Waals surface area contributed by atoms with Crippen LogP contribution in [0.25, 0.3) is 0 Å². The molecule has 0 saturated carbocycles. The summed E-state index contributed by atoms with van der Waals surface area (Å²) in [6.07, 6.45) is 0.549. The molecule has 0 fully saturated rings. The Labute approximate surface area is 244 Å². The SMILES string of the molecule is C=C(C#N)C(O)c1cccc(Oc2ccc(Nc3ncc(I)c(Nc4ccccc4C(=O)NC)n3)c(OC)c2)c1. The maximum absolute atomic E-state index is 12.3. The number of nitrogens with zero attached hydrogens (tertiary/aromatic N) is 3. The number of amides is 1. The van der Waals surface area contributed by atoms with Crippen molar-refractivity contribution >= 4 is 51.6 Å². The van der Waals surface area contributed by atoms with Gasteiger partial charge in [-0.25, -0.2) is 4.98 Å². The number of hydrogen-bond acceptors (Lipinski definition) is 9. The number of nitriles is 1. The smallest absolute Gasteiger partial charge is 0.253 e. The van der Waals surface area contributed by atoms with E-state index in [4.69, 9.17) is 14.7 Å². The quantitative estimate of drug-likeness (QED) is 0.123. The zero-order valence-electron chi connectivity index (χ0n) is 21.6. The first-order valence-electron chi connectivity index (χ1n) is 11.9. The van der Waals surface area contributed by atoms with Crippen molar-refractivity contribution in [2.45, 2.75) is 6.10 Å². The molecule has 1 unspecified atom stereocenters. The van der Waals surface area contributed by atoms with Crippen molar-refractivity contribution in [3.8, 4) is 23.3 Å². The molecule has 202 valence electrons. The third-order valence-corrected chi connectivity index (χ3v) is 6.49. The number of nitrogens with one attached hydrogen (secondary N) is 3. The molecule has 1 heterocycles. The lowest BCUT2D eigenvalue weighted by atomic mass is 10.0. The molecule has 0 aliphatic heterocycles. The molecule has 1 atom stereocenters. The fourth-order valence-corrected chi connectivity index (χ4v) is 4.07. The first kappa shape index (κ1) is 28.3. The van der Waals surface area contributed by atoms with Gasteiger partial charge in [0, 0.05) is 19.3 Å². The Bertz CT molecular complexity index is 1600. The maximum Gasteiger partial charge on any atom is 0.253 e. The molecule has 3 aromatic carbocycles. The highest BCUT2D eigenvalue weighted by molar-refractivity contribution is 14.1. The standard InChI is InChI=1S/C29H25IN6O4/c1-17(15-31)26(37)18-7-6-8-19(13-18)40-20-11-12-24(25(14-20)39-3)35-29-33-16-22(30)27(36-29)34-23-10-5-4-9-21(23)28(38)32-2/h4-14,16,26,37H,1H2,2-3H3,(H,32,38)(H2,33,34,35,36). The largest absolute Gasteiger partial charge is 0.494 e. The Morgan fingerprint density at radius 3 is 2.60 bits per heavy atom. The molecular weight excluding hydrogens is 623 g/mol. The Balaban J connectivity index is 1.54. The van der Waals surface area contributed by atoms with Gasteiger partial charge in [-0.15, -0.1) is 0 Å². The molecule has 40 heavy (non-hydrogen) atoms. The lowest BCUT2D eigenvalue weighted by molar-refractivity contribution is 0.0964. The second-order valence-corrected chi connectivity index (χ2v) is 9.50. The first-order chi connectivity index (χ1) is 19.3. The van der Waals surface area contributed by atoms with Crippen LogP contribution in [0.2, 0.25) is 0 Å². The topological polar surface area (TPSA) is 141 Å². The lowest BCUT2D eigenvalue weighted by Gasteiger charge is -2.15. The number of carbonyl (C=O) groups is 1. The summed E-state index contributed by atoms with van der Waals surface area (Å²) in [6.45, 7) is 3.57. The van der Waals surface area contributed by atoms with E-state index in [1.165, 1.54) is 7.11 Å². The van der Waals surface area contributed by atoms with Crippen molar-refractivity contribution in [2.75, 3.05) is 24.8 Å². The van der Waals surface area contributed by atoms with E-state index in [2.05, 4.69) is 55.1 Å². The molecule has 10 nitrogen and oxygen atoms in total. The van der Waals surface area contributed by atoms with Crippen molar-refractivity contribution < 1.29 is 19.4 Å². The van der Waals surface area contributed by atoms with E-state index in [1.54, 1.807) is 73.9 Å². The summed E-state index contributed by atoms with van der Waals surface area (Å²) in [5, 5.41) is 28.3. The molecule has 4 rings (SSSR count). The summed E-state index contributed by atoms with van der Waals surface area (Å²) in [5.74, 6) is 2.06. The fourth-order valence-electron chi connectivity index (χ4n) is 3.67. The summed E-state index contributed by atoms with van der Waals surface area (Å²) < 4.78 is 12.3. The monoisotopic (exact) mass is 648 g/mol. The summed E-state index contributed by atoms with van der Waals surface area (Å²) >= 11 is 2.12. The molecule has 4 aromatic rings. The van der Waals surface area contributed by atoms with Crippen LogP contribution in [-0.2, 0) is 0 Å². The molecule has 0 spiro atoms. The number of halogens is 1. The Hall–Kier alpha value is -4.67. The van der Waals surface area contributed by atoms with Gasteiger partial charge in [-0.05, 0) is 64.6 Å². The Morgan fingerprint density at radius 1 is 1.07 bits per heavy atom. The van der Waals surface area contributed by atoms with Crippen molar-refractivity contribution in [3.63, 3.8) is 0 Å². The fraction of sp³-hybridized carbons (Fsp3) is 0.103. The van der Waals surface area contributed by atoms with Crippen LogP contribution in [0.5, 0.6) is 17.2 Å². The molecule has 1 aromatic heterocycles. The van der Waals surface area contributed by atoms with Gasteiger partial charge in [0.15, 0.2) is 0 Å². The average molecular weight is 648 g/mol. The highest BCUT2D eigenvalue weighted by Crippen LogP contribution is 2.34. The molecule has 1 amide bonds. The van der Waals surface area contributed by atoms with Crippen LogP contribution in [0.1, 0.15) is 22.0 Å². The van der Waals surface area contributed by atoms with Gasteiger partial charge in [-0.3, -0.25) is 4.79 Å². The van der Waals surface area contributed by atoms with Crippen LogP contribution in [0.15, 0.2) is 85.1 Å². The minimum absolute atomic E-state index is 0.0427. The van der Waals surface area contributed by atoms with Gasteiger partial charge in [0.2, 0.25) is 5.95 Å². The number of ether oxygens (including phenoxy) is 2. The van der Waals surface area contributed by atoms with Gasteiger partial charge in [0.05, 0.1) is 39.3 Å². The predicted octanol–water partition coefficient (Wildman–Crippen LogP) is 5.84. The first-order valence-corrected chi connectivity index (χ1v) is 13.0. The number of aliphatic hydroxyl groups excluding tert-OH is 1. The number of methoxy groups -OCH3 is 1. The predicted molar refractivity (Wildman–Crippen MR) is 160 cm³/mol. The molecule has 4 N–H and O–H groups in total. The van der Waals surface area contributed by atoms with E-state index in [-0.39, 0.29) is 11.5 Å². The molecular formula is C29H25IN6O4. The summed E-state index contributed by atoms with van der Waals surface area (Å²) in [6, 6.07) is 21.0. The number of para-hydroxylation sites is 1. The Kier molecular flexibility index (Phi) is 9.15. The van der Waals surface area contributed by atoms with E-state index in [1.807, 2.05) is 12.1 Å². The summed E-state index contributed by atoms with van der Waals surface area (Å²) in [4.78, 5) is 21.2. The second kappa shape index (κ2) is 12.9. The number of aliphatic hydroxyl groups is 1. The average Bonchev–Trinajstić information content (AvgIpc) is 2.98. The van der Waals surface area contributed by atoms with Crippen molar-refractivity contribution in [3.05, 3.63) is 99.8 Å². The van der Waals surface area contributed by atoms with Crippen LogP contribution in [0.4, 0.5) is 23.1 Å². The third-order valence-electron chi connectivity index (χ3n) is 5.70. The van der Waals surface area contributed by atoms with Crippen molar-refractivity contribution in [1.29, 1.82) is 5.26 Å². The normalized spacial score (nSPS) is 11.1. The molecule has 0 radical (unpaired) electrons. The van der Waals surface area contributed by atoms with Crippen LogP contribution >= 0.6 is 22.6 Å². The number of hydrogen-bond donors (Lipinski definition) is 4. The van der Waals surface area contributed by atoms with E-state index < -0.39 is 6.10 Å². The van der Waals surface area contributed by atoms with Gasteiger partial charge < -0.3 is 30.5 Å². The van der Waals surface area contributed by atoms with E-state index >= 15 is 0 Å². The minimum atomic E-state index is -1.11. The van der Waals surface area contributed by atoms with Gasteiger partial charge in [0.1, 0.15) is 29.2 Å². The second-order valence-electron chi connectivity index (χ2n) is 8.34. The van der Waals surface area contributed by atoms with Crippen molar-refractivity contribution in [2.24, 2.45) is 0 Å². The minimum Gasteiger partial charge on any atom is -0.494 e. The molecule has 0 aliphatic carbocycles. The van der Waals surface area contributed by atoms with E-state index in [9.17, 15) is 9.90 Å².